The van der Waals surface area contributed by atoms with Gasteiger partial charge in [0.25, 0.3) is 0 Å². The monoisotopic (exact) mass is 322 g/mol. The van der Waals surface area contributed by atoms with Crippen molar-refractivity contribution in [2.75, 3.05) is 0 Å². The van der Waals surface area contributed by atoms with E-state index in [2.05, 4.69) is 68.0 Å². The molecule has 0 aliphatic carbocycles. The number of cyclic esters (lactones) is 1. The first-order valence-electron chi connectivity index (χ1n) is 8.55. The second-order valence-corrected chi connectivity index (χ2v) is 14.6. The van der Waals surface area contributed by atoms with E-state index in [9.17, 15) is 4.79 Å². The maximum atomic E-state index is 11.8. The summed E-state index contributed by atoms with van der Waals surface area (Å²) in [6.45, 7) is 20.6. The van der Waals surface area contributed by atoms with Gasteiger partial charge in [0.15, 0.2) is 0 Å². The molecule has 0 aromatic heterocycles. The van der Waals surface area contributed by atoms with Crippen molar-refractivity contribution in [1.29, 1.82) is 0 Å². The first-order valence-corrected chi connectivity index (χ1v) is 10.9. The van der Waals surface area contributed by atoms with E-state index in [4.69, 9.17) is 4.74 Å². The highest BCUT2D eigenvalue weighted by atomic mass is 28.3. The van der Waals surface area contributed by atoms with Crippen molar-refractivity contribution in [2.45, 2.75) is 85.4 Å². The third-order valence-corrected chi connectivity index (χ3v) is 11.7. The summed E-state index contributed by atoms with van der Waals surface area (Å²) in [6.07, 6.45) is 2.57. The molecule has 0 N–H and O–H groups in total. The summed E-state index contributed by atoms with van der Waals surface area (Å²) in [6, 6.07) is 0. The van der Waals surface area contributed by atoms with Crippen LogP contribution in [0.25, 0.3) is 0 Å². The van der Waals surface area contributed by atoms with Gasteiger partial charge in [0.1, 0.15) is 5.76 Å². The maximum Gasteiger partial charge on any atom is 0.336 e. The molecule has 0 atom stereocenters. The van der Waals surface area contributed by atoms with Crippen molar-refractivity contribution in [3.8, 4) is 0 Å². The maximum absolute atomic E-state index is 11.8. The minimum absolute atomic E-state index is 0.149. The lowest BCUT2D eigenvalue weighted by Crippen LogP contribution is -2.43. The van der Waals surface area contributed by atoms with Crippen LogP contribution >= 0.6 is 0 Å². The standard InChI is InChI=1S/C19H34O2Si/c1-13(2)22(14(3)4,15(5)6)12-17-16(10-18(20)21-17)11-19(7,8)9/h10,12-15H,11H2,1-9H3/b17-12-. The molecule has 2 nitrogen and oxygen atoms in total. The predicted octanol–water partition coefficient (Wildman–Crippen LogP) is 6.01. The van der Waals surface area contributed by atoms with Crippen molar-refractivity contribution < 1.29 is 9.53 Å². The summed E-state index contributed by atoms with van der Waals surface area (Å²) in [7, 11) is -1.72. The third kappa shape index (κ3) is 4.12. The fourth-order valence-electron chi connectivity index (χ4n) is 3.98. The number of esters is 1. The number of ether oxygens (including phenoxy) is 1. The molecule has 1 heterocycles. The summed E-state index contributed by atoms with van der Waals surface area (Å²) < 4.78 is 5.59. The molecule has 126 valence electrons. The lowest BCUT2D eigenvalue weighted by Gasteiger charge is -2.41. The van der Waals surface area contributed by atoms with Crippen molar-refractivity contribution in [2.24, 2.45) is 5.41 Å². The Hall–Kier alpha value is -0.833. The SMILES string of the molecule is CC(C)[Si](/C=C1\OC(=O)C=C1CC(C)(C)C)(C(C)C)C(C)C. The van der Waals surface area contributed by atoms with E-state index < -0.39 is 8.07 Å². The Morgan fingerprint density at radius 1 is 1.05 bits per heavy atom. The largest absolute Gasteiger partial charge is 0.424 e. The molecule has 0 saturated carbocycles. The van der Waals surface area contributed by atoms with Crippen LogP contribution in [0, 0.1) is 5.41 Å². The van der Waals surface area contributed by atoms with E-state index in [1.807, 2.05) is 0 Å². The van der Waals surface area contributed by atoms with Crippen molar-refractivity contribution in [3.63, 3.8) is 0 Å². The fourth-order valence-corrected chi connectivity index (χ4v) is 9.67. The van der Waals surface area contributed by atoms with Crippen LogP contribution in [0.5, 0.6) is 0 Å². The number of carbonyl (C=O) groups excluding carboxylic acids is 1. The Morgan fingerprint density at radius 2 is 1.50 bits per heavy atom. The predicted molar refractivity (Wildman–Crippen MR) is 97.4 cm³/mol. The van der Waals surface area contributed by atoms with Crippen LogP contribution in [0.3, 0.4) is 0 Å². The summed E-state index contributed by atoms with van der Waals surface area (Å²) in [5.41, 5.74) is 5.48. The molecular weight excluding hydrogens is 288 g/mol. The Morgan fingerprint density at radius 3 is 1.86 bits per heavy atom. The molecule has 0 saturated heterocycles. The molecule has 1 aliphatic heterocycles. The van der Waals surface area contributed by atoms with Crippen LogP contribution in [0.4, 0.5) is 0 Å². The zero-order valence-corrected chi connectivity index (χ0v) is 16.9. The van der Waals surface area contributed by atoms with E-state index in [1.165, 1.54) is 0 Å². The minimum atomic E-state index is -1.72. The summed E-state index contributed by atoms with van der Waals surface area (Å²) in [4.78, 5) is 11.8. The number of rotatable bonds is 5. The third-order valence-electron chi connectivity index (χ3n) is 4.92. The molecule has 1 rings (SSSR count). The molecule has 0 aromatic rings. The number of hydrogen-bond donors (Lipinski definition) is 0. The van der Waals surface area contributed by atoms with Gasteiger partial charge in [-0.15, -0.1) is 0 Å². The zero-order chi connectivity index (χ0) is 17.3. The van der Waals surface area contributed by atoms with Crippen LogP contribution in [0.2, 0.25) is 16.6 Å². The van der Waals surface area contributed by atoms with Gasteiger partial charge in [0, 0.05) is 11.6 Å². The molecule has 0 radical (unpaired) electrons. The lowest BCUT2D eigenvalue weighted by molar-refractivity contribution is -0.132. The average Bonchev–Trinajstić information content (AvgIpc) is 2.61. The Bertz CT molecular complexity index is 454. The average molecular weight is 323 g/mol. The van der Waals surface area contributed by atoms with Crippen LogP contribution in [-0.4, -0.2) is 14.0 Å². The van der Waals surface area contributed by atoms with E-state index in [0.717, 1.165) is 17.8 Å². The zero-order valence-electron chi connectivity index (χ0n) is 15.9. The van der Waals surface area contributed by atoms with Crippen LogP contribution in [0.15, 0.2) is 23.1 Å². The van der Waals surface area contributed by atoms with Gasteiger partial charge in [-0.3, -0.25) is 0 Å². The smallest absolute Gasteiger partial charge is 0.336 e. The van der Waals surface area contributed by atoms with Crippen molar-refractivity contribution >= 4 is 14.0 Å². The highest BCUT2D eigenvalue weighted by Crippen LogP contribution is 2.45. The number of allylic oxidation sites excluding steroid dienone is 1. The molecule has 0 spiro atoms. The van der Waals surface area contributed by atoms with Gasteiger partial charge in [0.05, 0.1) is 8.07 Å². The van der Waals surface area contributed by atoms with E-state index >= 15 is 0 Å². The van der Waals surface area contributed by atoms with Gasteiger partial charge in [0.2, 0.25) is 0 Å². The Labute approximate surface area is 138 Å². The van der Waals surface area contributed by atoms with Gasteiger partial charge in [-0.05, 0) is 28.5 Å². The highest BCUT2D eigenvalue weighted by molar-refractivity contribution is 6.88. The first kappa shape index (κ1) is 19.2. The second-order valence-electron chi connectivity index (χ2n) is 8.80. The molecule has 22 heavy (non-hydrogen) atoms. The van der Waals surface area contributed by atoms with Crippen LogP contribution in [-0.2, 0) is 9.53 Å². The van der Waals surface area contributed by atoms with Gasteiger partial charge in [-0.2, -0.15) is 0 Å². The highest BCUT2D eigenvalue weighted by Gasteiger charge is 2.42. The Kier molecular flexibility index (Phi) is 5.88. The molecule has 3 heteroatoms. The van der Waals surface area contributed by atoms with Crippen molar-refractivity contribution in [3.05, 3.63) is 23.1 Å². The molecule has 0 amide bonds. The molecule has 0 bridgehead atoms. The van der Waals surface area contributed by atoms with Crippen molar-refractivity contribution in [1.82, 2.24) is 0 Å². The second kappa shape index (κ2) is 6.73. The van der Waals surface area contributed by atoms with Gasteiger partial charge in [-0.1, -0.05) is 68.0 Å². The summed E-state index contributed by atoms with van der Waals surface area (Å²) in [5, 5.41) is 0. The number of carbonyl (C=O) groups is 1. The minimum Gasteiger partial charge on any atom is -0.424 e. The molecule has 0 unspecified atom stereocenters. The van der Waals surface area contributed by atoms with Gasteiger partial charge < -0.3 is 4.74 Å². The number of hydrogen-bond acceptors (Lipinski definition) is 2. The quantitative estimate of drug-likeness (QED) is 0.458. The van der Waals surface area contributed by atoms with Crippen LogP contribution in [0.1, 0.15) is 68.7 Å². The van der Waals surface area contributed by atoms with Gasteiger partial charge in [-0.25, -0.2) is 4.79 Å². The summed E-state index contributed by atoms with van der Waals surface area (Å²) >= 11 is 0. The van der Waals surface area contributed by atoms with E-state index in [-0.39, 0.29) is 11.4 Å². The summed E-state index contributed by atoms with van der Waals surface area (Å²) in [5.74, 6) is 0.646. The molecule has 0 aromatic carbocycles. The molecule has 0 fully saturated rings. The fraction of sp³-hybridized carbons (Fsp3) is 0.737. The normalized spacial score (nSPS) is 18.6. The van der Waals surface area contributed by atoms with Gasteiger partial charge >= 0.3 is 5.97 Å². The van der Waals surface area contributed by atoms with Crippen LogP contribution < -0.4 is 0 Å². The molecule has 1 aliphatic rings. The van der Waals surface area contributed by atoms with E-state index in [1.54, 1.807) is 6.08 Å². The molecular formula is C19H34O2Si. The first-order chi connectivity index (χ1) is 9.90. The Balaban J connectivity index is 3.31. The van der Waals surface area contributed by atoms with E-state index in [0.29, 0.717) is 16.6 Å². The topological polar surface area (TPSA) is 26.3 Å². The lowest BCUT2D eigenvalue weighted by atomic mass is 9.87.